The molecule has 1 aromatic carbocycles. The fourth-order valence-electron chi connectivity index (χ4n) is 1.38. The van der Waals surface area contributed by atoms with Crippen LogP contribution in [-0.4, -0.2) is 21.9 Å². The van der Waals surface area contributed by atoms with E-state index in [1.54, 1.807) is 12.1 Å². The van der Waals surface area contributed by atoms with Crippen LogP contribution in [-0.2, 0) is 12.8 Å². The molecule has 0 unspecified atom stereocenters. The smallest absolute Gasteiger partial charge is 0.221 e. The summed E-state index contributed by atoms with van der Waals surface area (Å²) in [5, 5.41) is 16.5. The van der Waals surface area contributed by atoms with Crippen LogP contribution >= 0.6 is 11.6 Å². The minimum Gasteiger partial charge on any atom is -0.425 e. The van der Waals surface area contributed by atoms with Gasteiger partial charge in [0.15, 0.2) is 0 Å². The maximum atomic E-state index is 13.5. The van der Waals surface area contributed by atoms with E-state index in [1.165, 1.54) is 6.07 Å². The van der Waals surface area contributed by atoms with E-state index in [0.29, 0.717) is 28.8 Å². The van der Waals surface area contributed by atoms with Gasteiger partial charge in [-0.3, -0.25) is 0 Å². The molecule has 0 saturated carbocycles. The van der Waals surface area contributed by atoms with Crippen LogP contribution in [0.3, 0.4) is 0 Å². The highest BCUT2D eigenvalue weighted by Gasteiger charge is 2.10. The van der Waals surface area contributed by atoms with Gasteiger partial charge in [-0.05, 0) is 17.7 Å². The zero-order valence-electron chi connectivity index (χ0n) is 8.86. The molecular formula is C11H10ClFN2O2. The molecule has 0 atom stereocenters. The fraction of sp³-hybridized carbons (Fsp3) is 0.273. The lowest BCUT2D eigenvalue weighted by Crippen LogP contribution is -1.92. The second kappa shape index (κ2) is 5.25. The summed E-state index contributed by atoms with van der Waals surface area (Å²) < 4.78 is 18.7. The highest BCUT2D eigenvalue weighted by Crippen LogP contribution is 2.17. The van der Waals surface area contributed by atoms with Crippen LogP contribution in [0.5, 0.6) is 0 Å². The lowest BCUT2D eigenvalue weighted by molar-refractivity contribution is 0.283. The summed E-state index contributed by atoms with van der Waals surface area (Å²) in [6.45, 7) is -0.0586. The van der Waals surface area contributed by atoms with E-state index in [1.807, 2.05) is 0 Å². The van der Waals surface area contributed by atoms with Crippen molar-refractivity contribution >= 4 is 11.6 Å². The third-order valence-corrected chi connectivity index (χ3v) is 2.43. The monoisotopic (exact) mass is 256 g/mol. The van der Waals surface area contributed by atoms with Gasteiger partial charge < -0.3 is 9.52 Å². The number of aromatic nitrogens is 2. The van der Waals surface area contributed by atoms with Gasteiger partial charge in [0.25, 0.3) is 0 Å². The van der Waals surface area contributed by atoms with Crippen LogP contribution in [0.15, 0.2) is 22.6 Å². The van der Waals surface area contributed by atoms with Crippen molar-refractivity contribution in [2.45, 2.75) is 12.8 Å². The second-order valence-electron chi connectivity index (χ2n) is 3.48. The van der Waals surface area contributed by atoms with Crippen molar-refractivity contribution in [3.63, 3.8) is 0 Å². The van der Waals surface area contributed by atoms with E-state index in [9.17, 15) is 4.39 Å². The molecule has 0 aliphatic rings. The summed E-state index contributed by atoms with van der Waals surface area (Å²) in [7, 11) is 0. The van der Waals surface area contributed by atoms with Crippen LogP contribution in [0.4, 0.5) is 4.39 Å². The summed E-state index contributed by atoms with van der Waals surface area (Å²) in [6, 6.07) is 4.42. The van der Waals surface area contributed by atoms with Gasteiger partial charge in [0.2, 0.25) is 11.8 Å². The maximum absolute atomic E-state index is 13.5. The van der Waals surface area contributed by atoms with Crippen molar-refractivity contribution in [3.05, 3.63) is 46.4 Å². The first-order chi connectivity index (χ1) is 8.19. The molecule has 6 heteroatoms. The molecule has 2 aromatic rings. The van der Waals surface area contributed by atoms with E-state index >= 15 is 0 Å². The van der Waals surface area contributed by atoms with Gasteiger partial charge in [-0.25, -0.2) is 4.39 Å². The molecule has 0 fully saturated rings. The summed E-state index contributed by atoms with van der Waals surface area (Å²) in [5.74, 6) is 0.256. The Morgan fingerprint density at radius 3 is 2.76 bits per heavy atom. The minimum absolute atomic E-state index is 0.0586. The zero-order valence-corrected chi connectivity index (χ0v) is 9.62. The first kappa shape index (κ1) is 12.0. The lowest BCUT2D eigenvalue weighted by Gasteiger charge is -1.99. The molecule has 4 nitrogen and oxygen atoms in total. The highest BCUT2D eigenvalue weighted by atomic mass is 35.5. The Bertz CT molecular complexity index is 516. The summed E-state index contributed by atoms with van der Waals surface area (Å²) >= 11 is 5.65. The molecule has 0 spiro atoms. The van der Waals surface area contributed by atoms with E-state index in [-0.39, 0.29) is 13.0 Å². The molecule has 1 aromatic heterocycles. The predicted molar refractivity (Wildman–Crippen MR) is 59.3 cm³/mol. The van der Waals surface area contributed by atoms with Gasteiger partial charge in [-0.15, -0.1) is 10.2 Å². The average Bonchev–Trinajstić information content (AvgIpc) is 2.71. The van der Waals surface area contributed by atoms with Crippen molar-refractivity contribution in [2.24, 2.45) is 0 Å². The lowest BCUT2D eigenvalue weighted by atomic mass is 10.1. The largest absolute Gasteiger partial charge is 0.425 e. The number of hydrogen-bond donors (Lipinski definition) is 1. The van der Waals surface area contributed by atoms with E-state index < -0.39 is 5.82 Å². The van der Waals surface area contributed by atoms with Gasteiger partial charge in [-0.1, -0.05) is 17.7 Å². The van der Waals surface area contributed by atoms with E-state index in [4.69, 9.17) is 21.1 Å². The maximum Gasteiger partial charge on any atom is 0.221 e. The van der Waals surface area contributed by atoms with Crippen molar-refractivity contribution in [1.29, 1.82) is 0 Å². The molecule has 0 saturated heterocycles. The summed E-state index contributed by atoms with van der Waals surface area (Å²) in [4.78, 5) is 0. The number of nitrogens with zero attached hydrogens (tertiary/aromatic N) is 2. The molecule has 1 N–H and O–H groups in total. The number of hydrogen-bond acceptors (Lipinski definition) is 4. The molecule has 17 heavy (non-hydrogen) atoms. The topological polar surface area (TPSA) is 59.2 Å². The molecule has 0 radical (unpaired) electrons. The molecule has 0 bridgehead atoms. The third kappa shape index (κ3) is 3.01. The van der Waals surface area contributed by atoms with E-state index in [2.05, 4.69) is 10.2 Å². The molecule has 0 aliphatic heterocycles. The van der Waals surface area contributed by atoms with Gasteiger partial charge in [-0.2, -0.15) is 0 Å². The number of aliphatic hydroxyl groups is 1. The van der Waals surface area contributed by atoms with E-state index in [0.717, 1.165) is 0 Å². The standard InChI is InChI=1S/C11H10ClFN2O2/c12-8-2-1-7(9(13)6-8)5-11-15-14-10(17-11)3-4-16/h1-2,6,16H,3-5H2. The fourth-order valence-corrected chi connectivity index (χ4v) is 1.54. The predicted octanol–water partition coefficient (Wildman–Crippen LogP) is 1.99. The number of aliphatic hydroxyl groups excluding tert-OH is 1. The van der Waals surface area contributed by atoms with Crippen LogP contribution in [0.2, 0.25) is 5.02 Å². The number of halogens is 2. The Balaban J connectivity index is 2.13. The average molecular weight is 257 g/mol. The highest BCUT2D eigenvalue weighted by molar-refractivity contribution is 6.30. The Morgan fingerprint density at radius 1 is 1.29 bits per heavy atom. The SMILES string of the molecule is OCCc1nnc(Cc2ccc(Cl)cc2F)o1. The number of rotatable bonds is 4. The normalized spacial score (nSPS) is 10.8. The van der Waals surface area contributed by atoms with Crippen molar-refractivity contribution < 1.29 is 13.9 Å². The Labute approximate surface area is 102 Å². The summed E-state index contributed by atoms with van der Waals surface area (Å²) in [5.41, 5.74) is 0.439. The molecule has 90 valence electrons. The summed E-state index contributed by atoms with van der Waals surface area (Å²) in [6.07, 6.45) is 0.511. The first-order valence-electron chi connectivity index (χ1n) is 5.05. The van der Waals surface area contributed by atoms with Gasteiger partial charge >= 0.3 is 0 Å². The van der Waals surface area contributed by atoms with Crippen LogP contribution in [0.25, 0.3) is 0 Å². The van der Waals surface area contributed by atoms with Crippen LogP contribution in [0, 0.1) is 5.82 Å². The van der Waals surface area contributed by atoms with Crippen LogP contribution < -0.4 is 0 Å². The van der Waals surface area contributed by atoms with Gasteiger partial charge in [0.1, 0.15) is 5.82 Å². The van der Waals surface area contributed by atoms with Gasteiger partial charge in [0, 0.05) is 11.4 Å². The number of benzene rings is 1. The molecule has 2 rings (SSSR count). The first-order valence-corrected chi connectivity index (χ1v) is 5.43. The minimum atomic E-state index is -0.403. The second-order valence-corrected chi connectivity index (χ2v) is 3.91. The Morgan fingerprint density at radius 2 is 2.06 bits per heavy atom. The van der Waals surface area contributed by atoms with Crippen molar-refractivity contribution in [2.75, 3.05) is 6.61 Å². The molecule has 0 aliphatic carbocycles. The Hall–Kier alpha value is -1.46. The van der Waals surface area contributed by atoms with Crippen molar-refractivity contribution in [3.8, 4) is 0 Å². The molecule has 0 amide bonds. The third-order valence-electron chi connectivity index (χ3n) is 2.19. The molecular weight excluding hydrogens is 247 g/mol. The van der Waals surface area contributed by atoms with Gasteiger partial charge in [0.05, 0.1) is 13.0 Å². The van der Waals surface area contributed by atoms with Crippen molar-refractivity contribution in [1.82, 2.24) is 10.2 Å². The Kier molecular flexibility index (Phi) is 3.71. The van der Waals surface area contributed by atoms with Crippen LogP contribution in [0.1, 0.15) is 17.3 Å². The molecule has 1 heterocycles. The zero-order chi connectivity index (χ0) is 12.3. The quantitative estimate of drug-likeness (QED) is 0.909.